The second kappa shape index (κ2) is 8.37. The predicted molar refractivity (Wildman–Crippen MR) is 119 cm³/mol. The molecule has 0 bridgehead atoms. The van der Waals surface area contributed by atoms with Crippen LogP contribution < -0.4 is 0 Å². The zero-order chi connectivity index (χ0) is 21.3. The Hall–Kier alpha value is -2.42. The topological polar surface area (TPSA) is 62.6 Å². The molecule has 2 aromatic carbocycles. The van der Waals surface area contributed by atoms with E-state index in [1.807, 2.05) is 54.2 Å². The van der Waals surface area contributed by atoms with Crippen molar-refractivity contribution in [1.29, 1.82) is 0 Å². The maximum atomic E-state index is 13.0. The van der Waals surface area contributed by atoms with E-state index in [-0.39, 0.29) is 23.9 Å². The van der Waals surface area contributed by atoms with E-state index in [1.165, 1.54) is 4.31 Å². The second-order valence-electron chi connectivity index (χ2n) is 7.24. The number of hydrogen-bond acceptors (Lipinski definition) is 3. The maximum absolute atomic E-state index is 13.0. The molecule has 0 saturated carbocycles. The fourth-order valence-electron chi connectivity index (χ4n) is 3.59. The molecule has 0 N–H and O–H groups in total. The standard InChI is InChI=1S/C22H22BrN3O3S/c1-17-4-5-18(16-21(17)24-10-2-3-11-24)22(27)25-12-14-26(15-13-25)30(28,29)20-8-6-19(23)7-9-20/h2-11,16H,12-15H2,1H3. The molecule has 0 unspecified atom stereocenters. The van der Waals surface area contributed by atoms with Crippen LogP contribution in [0.3, 0.4) is 0 Å². The van der Waals surface area contributed by atoms with Crippen molar-refractivity contribution in [2.24, 2.45) is 0 Å². The molecule has 8 heteroatoms. The van der Waals surface area contributed by atoms with Gasteiger partial charge in [-0.2, -0.15) is 4.31 Å². The lowest BCUT2D eigenvalue weighted by atomic mass is 10.1. The van der Waals surface area contributed by atoms with Crippen molar-refractivity contribution in [3.8, 4) is 5.69 Å². The monoisotopic (exact) mass is 487 g/mol. The van der Waals surface area contributed by atoms with Gasteiger partial charge < -0.3 is 9.47 Å². The summed E-state index contributed by atoms with van der Waals surface area (Å²) in [5.74, 6) is -0.0795. The Balaban J connectivity index is 1.47. The summed E-state index contributed by atoms with van der Waals surface area (Å²) in [6.07, 6.45) is 3.89. The number of amides is 1. The van der Waals surface area contributed by atoms with Gasteiger partial charge in [0.15, 0.2) is 0 Å². The highest BCUT2D eigenvalue weighted by Crippen LogP contribution is 2.22. The number of carbonyl (C=O) groups is 1. The average molecular weight is 488 g/mol. The fourth-order valence-corrected chi connectivity index (χ4v) is 5.27. The van der Waals surface area contributed by atoms with Gasteiger partial charge in [0.1, 0.15) is 0 Å². The zero-order valence-corrected chi connectivity index (χ0v) is 18.9. The first-order valence-electron chi connectivity index (χ1n) is 9.65. The van der Waals surface area contributed by atoms with Crippen LogP contribution in [0.1, 0.15) is 15.9 Å². The summed E-state index contributed by atoms with van der Waals surface area (Å²) in [5.41, 5.74) is 2.64. The van der Waals surface area contributed by atoms with Gasteiger partial charge >= 0.3 is 0 Å². The summed E-state index contributed by atoms with van der Waals surface area (Å²) < 4.78 is 30.0. The fraction of sp³-hybridized carbons (Fsp3) is 0.227. The van der Waals surface area contributed by atoms with Crippen molar-refractivity contribution in [1.82, 2.24) is 13.8 Å². The van der Waals surface area contributed by atoms with E-state index in [1.54, 1.807) is 29.2 Å². The number of carbonyl (C=O) groups excluding carboxylic acids is 1. The average Bonchev–Trinajstić information content (AvgIpc) is 3.29. The van der Waals surface area contributed by atoms with E-state index in [9.17, 15) is 13.2 Å². The van der Waals surface area contributed by atoms with E-state index in [2.05, 4.69) is 15.9 Å². The Morgan fingerprint density at radius 2 is 1.57 bits per heavy atom. The van der Waals surface area contributed by atoms with Gasteiger partial charge in [-0.1, -0.05) is 22.0 Å². The Kier molecular flexibility index (Phi) is 5.81. The molecule has 3 aromatic rings. The molecule has 1 saturated heterocycles. The van der Waals surface area contributed by atoms with Crippen molar-refractivity contribution >= 4 is 31.9 Å². The minimum absolute atomic E-state index is 0.0795. The third-order valence-electron chi connectivity index (χ3n) is 5.32. The Labute approximate surface area is 184 Å². The minimum atomic E-state index is -3.56. The van der Waals surface area contributed by atoms with E-state index >= 15 is 0 Å². The van der Waals surface area contributed by atoms with Crippen LogP contribution >= 0.6 is 15.9 Å². The highest BCUT2D eigenvalue weighted by Gasteiger charge is 2.30. The summed E-state index contributed by atoms with van der Waals surface area (Å²) in [6, 6.07) is 16.2. The van der Waals surface area contributed by atoms with Crippen molar-refractivity contribution < 1.29 is 13.2 Å². The van der Waals surface area contributed by atoms with Crippen molar-refractivity contribution in [3.05, 3.63) is 82.6 Å². The van der Waals surface area contributed by atoms with Crippen LogP contribution in [0.5, 0.6) is 0 Å². The lowest BCUT2D eigenvalue weighted by Crippen LogP contribution is -2.50. The van der Waals surface area contributed by atoms with Gasteiger partial charge in [0.25, 0.3) is 5.91 Å². The number of aromatic nitrogens is 1. The Morgan fingerprint density at radius 3 is 2.20 bits per heavy atom. The van der Waals surface area contributed by atoms with Gasteiger partial charge in [0.05, 0.1) is 4.90 Å². The van der Waals surface area contributed by atoms with Crippen molar-refractivity contribution in [2.75, 3.05) is 26.2 Å². The van der Waals surface area contributed by atoms with E-state index in [0.29, 0.717) is 18.7 Å². The molecule has 2 heterocycles. The molecular weight excluding hydrogens is 466 g/mol. The third kappa shape index (κ3) is 4.08. The molecule has 0 radical (unpaired) electrons. The summed E-state index contributed by atoms with van der Waals surface area (Å²) in [4.78, 5) is 15.0. The molecule has 0 aliphatic carbocycles. The van der Waals surface area contributed by atoms with E-state index < -0.39 is 10.0 Å². The van der Waals surface area contributed by atoms with Crippen LogP contribution in [-0.2, 0) is 10.0 Å². The highest BCUT2D eigenvalue weighted by atomic mass is 79.9. The molecular formula is C22H22BrN3O3S. The lowest BCUT2D eigenvalue weighted by molar-refractivity contribution is 0.0698. The van der Waals surface area contributed by atoms with Crippen LogP contribution in [0, 0.1) is 6.92 Å². The number of hydrogen-bond donors (Lipinski definition) is 0. The number of piperazine rings is 1. The number of aryl methyl sites for hydroxylation is 1. The van der Waals surface area contributed by atoms with Crippen molar-refractivity contribution in [3.63, 3.8) is 0 Å². The zero-order valence-electron chi connectivity index (χ0n) is 16.5. The number of benzene rings is 2. The lowest BCUT2D eigenvalue weighted by Gasteiger charge is -2.34. The minimum Gasteiger partial charge on any atom is -0.336 e. The SMILES string of the molecule is Cc1ccc(C(=O)N2CCN(S(=O)(=O)c3ccc(Br)cc3)CC2)cc1-n1cccc1. The number of sulfonamides is 1. The number of nitrogens with zero attached hydrogens (tertiary/aromatic N) is 3. The summed E-state index contributed by atoms with van der Waals surface area (Å²) >= 11 is 3.32. The van der Waals surface area contributed by atoms with Gasteiger partial charge in [-0.15, -0.1) is 0 Å². The molecule has 0 atom stereocenters. The van der Waals surface area contributed by atoms with E-state index in [0.717, 1.165) is 15.7 Å². The molecule has 1 fully saturated rings. The van der Waals surface area contributed by atoms with E-state index in [4.69, 9.17) is 0 Å². The quantitative estimate of drug-likeness (QED) is 0.563. The largest absolute Gasteiger partial charge is 0.336 e. The molecule has 1 amide bonds. The molecule has 0 spiro atoms. The van der Waals surface area contributed by atoms with Crippen LogP contribution in [0.4, 0.5) is 0 Å². The second-order valence-corrected chi connectivity index (χ2v) is 10.1. The maximum Gasteiger partial charge on any atom is 0.254 e. The van der Waals surface area contributed by atoms with Crippen LogP contribution in [0.2, 0.25) is 0 Å². The van der Waals surface area contributed by atoms with Gasteiger partial charge in [-0.05, 0) is 61.0 Å². The first kappa shape index (κ1) is 20.8. The molecule has 1 aromatic heterocycles. The molecule has 1 aliphatic heterocycles. The normalized spacial score (nSPS) is 15.3. The summed E-state index contributed by atoms with van der Waals surface area (Å²) in [5, 5.41) is 0. The first-order valence-corrected chi connectivity index (χ1v) is 11.9. The van der Waals surface area contributed by atoms with Crippen LogP contribution in [0.15, 0.2) is 76.4 Å². The van der Waals surface area contributed by atoms with Crippen LogP contribution in [-0.4, -0.2) is 54.3 Å². The number of halogens is 1. The molecule has 156 valence electrons. The Morgan fingerprint density at radius 1 is 0.933 bits per heavy atom. The summed E-state index contributed by atoms with van der Waals surface area (Å²) in [6.45, 7) is 3.29. The first-order chi connectivity index (χ1) is 14.4. The van der Waals surface area contributed by atoms with Gasteiger partial charge in [0.2, 0.25) is 10.0 Å². The third-order valence-corrected chi connectivity index (χ3v) is 7.76. The molecule has 1 aliphatic rings. The molecule has 4 rings (SSSR count). The number of rotatable bonds is 4. The van der Waals surface area contributed by atoms with Crippen molar-refractivity contribution in [2.45, 2.75) is 11.8 Å². The van der Waals surface area contributed by atoms with Gasteiger partial charge in [0, 0.05) is 54.3 Å². The highest BCUT2D eigenvalue weighted by molar-refractivity contribution is 9.10. The van der Waals surface area contributed by atoms with Gasteiger partial charge in [-0.25, -0.2) is 8.42 Å². The smallest absolute Gasteiger partial charge is 0.254 e. The molecule has 6 nitrogen and oxygen atoms in total. The molecule has 30 heavy (non-hydrogen) atoms. The Bertz CT molecular complexity index is 1150. The predicted octanol–water partition coefficient (Wildman–Crippen LogP) is 3.69. The van der Waals surface area contributed by atoms with Gasteiger partial charge in [-0.3, -0.25) is 4.79 Å². The van der Waals surface area contributed by atoms with Crippen LogP contribution in [0.25, 0.3) is 5.69 Å². The summed E-state index contributed by atoms with van der Waals surface area (Å²) in [7, 11) is -3.56.